The molecule has 162 valence electrons. The number of carbonyl (C=O) groups excluding carboxylic acids is 3. The first-order valence-electron chi connectivity index (χ1n) is 9.33. The highest BCUT2D eigenvalue weighted by atomic mass is 32.2. The first-order chi connectivity index (χ1) is 14.2. The lowest BCUT2D eigenvalue weighted by Crippen LogP contribution is -2.50. The van der Waals surface area contributed by atoms with Crippen molar-refractivity contribution in [1.82, 2.24) is 5.32 Å². The first kappa shape index (κ1) is 22.1. The highest BCUT2D eigenvalue weighted by Gasteiger charge is 2.48. The molecule has 0 spiro atoms. The quantitative estimate of drug-likeness (QED) is 0.399. The van der Waals surface area contributed by atoms with Crippen LogP contribution in [0.2, 0.25) is 0 Å². The number of carbonyl (C=O) groups is 3. The van der Waals surface area contributed by atoms with Gasteiger partial charge in [-0.2, -0.15) is 11.8 Å². The number of ether oxygens (including phenoxy) is 2. The van der Waals surface area contributed by atoms with Crippen LogP contribution in [0.15, 0.2) is 30.4 Å². The molecule has 1 aromatic rings. The topological polar surface area (TPSA) is 84.9 Å². The molecule has 30 heavy (non-hydrogen) atoms. The maximum Gasteiger partial charge on any atom is 0.415 e. The van der Waals surface area contributed by atoms with Gasteiger partial charge in [0.05, 0.1) is 18.2 Å². The van der Waals surface area contributed by atoms with Gasteiger partial charge in [-0.1, -0.05) is 12.2 Å². The van der Waals surface area contributed by atoms with E-state index in [0.717, 1.165) is 17.0 Å². The van der Waals surface area contributed by atoms with E-state index in [1.54, 1.807) is 23.9 Å². The third-order valence-corrected chi connectivity index (χ3v) is 5.44. The van der Waals surface area contributed by atoms with E-state index in [4.69, 9.17) is 9.47 Å². The number of benzene rings is 1. The minimum atomic E-state index is -1.55. The average Bonchev–Trinajstić information content (AvgIpc) is 3.26. The Kier molecular flexibility index (Phi) is 6.64. The molecule has 1 heterocycles. The van der Waals surface area contributed by atoms with Crippen LogP contribution in [-0.4, -0.2) is 54.8 Å². The average molecular weight is 440 g/mol. The van der Waals surface area contributed by atoms with Crippen LogP contribution >= 0.6 is 11.8 Å². The summed E-state index contributed by atoms with van der Waals surface area (Å²) < 4.78 is 37.4. The van der Waals surface area contributed by atoms with Crippen molar-refractivity contribution in [2.45, 2.75) is 25.0 Å². The zero-order chi connectivity index (χ0) is 21.9. The van der Waals surface area contributed by atoms with Crippen LogP contribution in [0.4, 0.5) is 19.3 Å². The van der Waals surface area contributed by atoms with Crippen LogP contribution in [0, 0.1) is 17.6 Å². The van der Waals surface area contributed by atoms with Crippen molar-refractivity contribution < 1.29 is 32.6 Å². The summed E-state index contributed by atoms with van der Waals surface area (Å²) in [5.41, 5.74) is -1.59. The fourth-order valence-electron chi connectivity index (χ4n) is 3.29. The molecule has 2 amide bonds. The monoisotopic (exact) mass is 440 g/mol. The molecule has 7 nitrogen and oxygen atoms in total. The number of amides is 2. The highest BCUT2D eigenvalue weighted by molar-refractivity contribution is 7.98. The van der Waals surface area contributed by atoms with Gasteiger partial charge in [0.15, 0.2) is 0 Å². The molecule has 0 radical (unpaired) electrons. The Balaban J connectivity index is 1.59. The van der Waals surface area contributed by atoms with Crippen molar-refractivity contribution in [3.63, 3.8) is 0 Å². The SMILES string of the molecule is CSCCOC(=O)[C@@H]1C=C[C@H](NC(=O)C2(C)CN(c3cc(F)cc(F)c3)C(=O)O2)C1. The van der Waals surface area contributed by atoms with Gasteiger partial charge in [-0.15, -0.1) is 0 Å². The maximum absolute atomic E-state index is 13.5. The zero-order valence-corrected chi connectivity index (χ0v) is 17.3. The van der Waals surface area contributed by atoms with Crippen LogP contribution in [0.1, 0.15) is 13.3 Å². The molecule has 1 aromatic carbocycles. The van der Waals surface area contributed by atoms with Gasteiger partial charge in [0, 0.05) is 17.9 Å². The van der Waals surface area contributed by atoms with Gasteiger partial charge in [-0.05, 0) is 31.7 Å². The summed E-state index contributed by atoms with van der Waals surface area (Å²) in [6.07, 6.45) is 4.74. The zero-order valence-electron chi connectivity index (χ0n) is 16.5. The van der Waals surface area contributed by atoms with Crippen LogP contribution in [0.5, 0.6) is 0 Å². The normalized spacial score (nSPS) is 25.3. The number of thioether (sulfide) groups is 1. The minimum Gasteiger partial charge on any atom is -0.464 e. The summed E-state index contributed by atoms with van der Waals surface area (Å²) in [5.74, 6) is -2.36. The van der Waals surface area contributed by atoms with Crippen LogP contribution in [0.25, 0.3) is 0 Å². The third kappa shape index (κ3) is 4.92. The number of nitrogens with zero attached hydrogens (tertiary/aromatic N) is 1. The lowest BCUT2D eigenvalue weighted by Gasteiger charge is -2.23. The number of hydrogen-bond donors (Lipinski definition) is 1. The van der Waals surface area contributed by atoms with E-state index in [1.165, 1.54) is 6.92 Å². The van der Waals surface area contributed by atoms with Crippen molar-refractivity contribution in [1.29, 1.82) is 0 Å². The number of cyclic esters (lactones) is 1. The van der Waals surface area contributed by atoms with Gasteiger partial charge in [0.2, 0.25) is 5.60 Å². The van der Waals surface area contributed by atoms with Crippen LogP contribution < -0.4 is 10.2 Å². The molecule has 10 heteroatoms. The molecule has 1 unspecified atom stereocenters. The minimum absolute atomic E-state index is 0.0390. The van der Waals surface area contributed by atoms with Crippen LogP contribution in [0.3, 0.4) is 0 Å². The predicted molar refractivity (Wildman–Crippen MR) is 107 cm³/mol. The van der Waals surface area contributed by atoms with Gasteiger partial charge >= 0.3 is 12.1 Å². The van der Waals surface area contributed by atoms with Gasteiger partial charge in [0.25, 0.3) is 5.91 Å². The van der Waals surface area contributed by atoms with E-state index in [2.05, 4.69) is 5.32 Å². The second-order valence-corrected chi connectivity index (χ2v) is 8.27. The fraction of sp³-hybridized carbons (Fsp3) is 0.450. The molecule has 0 saturated carbocycles. The Bertz CT molecular complexity index is 861. The lowest BCUT2D eigenvalue weighted by molar-refractivity contribution is -0.146. The summed E-state index contributed by atoms with van der Waals surface area (Å²) in [5, 5.41) is 2.74. The predicted octanol–water partition coefficient (Wildman–Crippen LogP) is 2.65. The Morgan fingerprint density at radius 2 is 2.00 bits per heavy atom. The number of rotatable bonds is 7. The Morgan fingerprint density at radius 1 is 1.30 bits per heavy atom. The number of anilines is 1. The van der Waals surface area contributed by atoms with E-state index < -0.39 is 41.2 Å². The van der Waals surface area contributed by atoms with Gasteiger partial charge in [0.1, 0.15) is 18.2 Å². The Morgan fingerprint density at radius 3 is 2.67 bits per heavy atom. The summed E-state index contributed by atoms with van der Waals surface area (Å²) in [7, 11) is 0. The molecule has 2 aliphatic rings. The molecule has 1 aliphatic heterocycles. The van der Waals surface area contributed by atoms with Crippen molar-refractivity contribution in [2.75, 3.05) is 30.1 Å². The van der Waals surface area contributed by atoms with E-state index in [0.29, 0.717) is 24.8 Å². The van der Waals surface area contributed by atoms with Crippen molar-refractivity contribution in [3.8, 4) is 0 Å². The van der Waals surface area contributed by atoms with Crippen LogP contribution in [-0.2, 0) is 19.1 Å². The molecule has 3 atom stereocenters. The number of esters is 1. The van der Waals surface area contributed by atoms with E-state index in [9.17, 15) is 23.2 Å². The molecule has 1 fully saturated rings. The summed E-state index contributed by atoms with van der Waals surface area (Å²) in [4.78, 5) is 38.0. The fourth-order valence-corrected chi connectivity index (χ4v) is 3.54. The van der Waals surface area contributed by atoms with Crippen molar-refractivity contribution >= 4 is 35.4 Å². The summed E-state index contributed by atoms with van der Waals surface area (Å²) in [6, 6.07) is 2.24. The Hall–Kier alpha value is -2.62. The van der Waals surface area contributed by atoms with E-state index in [-0.39, 0.29) is 18.2 Å². The third-order valence-electron chi connectivity index (χ3n) is 4.87. The molecule has 0 bridgehead atoms. The van der Waals surface area contributed by atoms with Gasteiger partial charge < -0.3 is 14.8 Å². The van der Waals surface area contributed by atoms with E-state index >= 15 is 0 Å². The molecular weight excluding hydrogens is 418 g/mol. The van der Waals surface area contributed by atoms with Crippen molar-refractivity contribution in [2.24, 2.45) is 5.92 Å². The lowest BCUT2D eigenvalue weighted by atomic mass is 10.0. The Labute approximate surface area is 176 Å². The van der Waals surface area contributed by atoms with Gasteiger partial charge in [-0.25, -0.2) is 13.6 Å². The maximum atomic E-state index is 13.5. The summed E-state index contributed by atoms with van der Waals surface area (Å²) >= 11 is 1.57. The second-order valence-electron chi connectivity index (χ2n) is 7.28. The smallest absolute Gasteiger partial charge is 0.415 e. The highest BCUT2D eigenvalue weighted by Crippen LogP contribution is 2.30. The number of nitrogens with one attached hydrogen (secondary N) is 1. The molecule has 3 rings (SSSR count). The second kappa shape index (κ2) is 9.03. The van der Waals surface area contributed by atoms with Gasteiger partial charge in [-0.3, -0.25) is 14.5 Å². The molecular formula is C20H22F2N2O5S. The largest absolute Gasteiger partial charge is 0.464 e. The number of halogens is 2. The number of hydrogen-bond acceptors (Lipinski definition) is 6. The first-order valence-corrected chi connectivity index (χ1v) is 10.7. The van der Waals surface area contributed by atoms with Crippen molar-refractivity contribution in [3.05, 3.63) is 42.0 Å². The molecule has 1 saturated heterocycles. The molecule has 0 aromatic heterocycles. The molecule has 1 aliphatic carbocycles. The standard InChI is InChI=1S/C20H22F2N2O5S/c1-20(11-24(19(27)29-20)16-9-13(21)8-14(22)10-16)18(26)23-15-4-3-12(7-15)17(25)28-5-6-30-2/h3-4,8-10,12,15H,5-7,11H2,1-2H3,(H,23,26)/t12-,15+,20?/m1/s1. The molecule has 1 N–H and O–H groups in total. The van der Waals surface area contributed by atoms with E-state index in [1.807, 2.05) is 6.26 Å². The summed E-state index contributed by atoms with van der Waals surface area (Å²) in [6.45, 7) is 1.53.